The molecule has 0 radical (unpaired) electrons. The molecule has 3 rings (SSSR count). The van der Waals surface area contributed by atoms with Crippen LogP contribution in [0.1, 0.15) is 26.2 Å². The maximum absolute atomic E-state index is 12.3. The van der Waals surface area contributed by atoms with E-state index in [0.717, 1.165) is 45.6 Å². The van der Waals surface area contributed by atoms with Gasteiger partial charge in [0.15, 0.2) is 0 Å². The molecule has 3 heterocycles. The summed E-state index contributed by atoms with van der Waals surface area (Å²) in [6.45, 7) is 4.96. The predicted octanol–water partition coefficient (Wildman–Crippen LogP) is -0.526. The average Bonchev–Trinajstić information content (AvgIpc) is 2.93. The van der Waals surface area contributed by atoms with Crippen molar-refractivity contribution in [2.45, 2.75) is 50.4 Å². The maximum Gasteiger partial charge on any atom is 0.323 e. The summed E-state index contributed by atoms with van der Waals surface area (Å²) < 4.78 is 5.06. The van der Waals surface area contributed by atoms with Crippen molar-refractivity contribution < 1.29 is 14.3 Å². The zero-order valence-electron chi connectivity index (χ0n) is 14.3. The number of methoxy groups -OCH3 is 1. The summed E-state index contributed by atoms with van der Waals surface area (Å²) in [6.07, 6.45) is 2.66. The molecule has 3 aliphatic rings. The van der Waals surface area contributed by atoms with Gasteiger partial charge in [-0.05, 0) is 26.3 Å². The van der Waals surface area contributed by atoms with Crippen LogP contribution >= 0.6 is 0 Å². The second-order valence-corrected chi connectivity index (χ2v) is 7.00. The molecule has 3 atom stereocenters. The van der Waals surface area contributed by atoms with Gasteiger partial charge in [-0.1, -0.05) is 0 Å². The van der Waals surface area contributed by atoms with Crippen molar-refractivity contribution in [1.82, 2.24) is 20.0 Å². The van der Waals surface area contributed by atoms with Crippen LogP contribution in [0.5, 0.6) is 0 Å². The Labute approximate surface area is 137 Å². The number of hydrogen-bond acceptors (Lipinski definition) is 6. The summed E-state index contributed by atoms with van der Waals surface area (Å²) in [5.41, 5.74) is 0. The van der Waals surface area contributed by atoms with E-state index in [1.54, 1.807) is 6.92 Å². The van der Waals surface area contributed by atoms with Gasteiger partial charge in [-0.2, -0.15) is 0 Å². The second-order valence-electron chi connectivity index (χ2n) is 7.00. The highest BCUT2D eigenvalue weighted by atomic mass is 16.5. The topological polar surface area (TPSA) is 65.1 Å². The molecule has 0 aliphatic carbocycles. The molecular formula is C16H28N4O3. The average molecular weight is 324 g/mol. The number of piperidine rings is 2. The lowest BCUT2D eigenvalue weighted by Gasteiger charge is -2.47. The molecule has 0 saturated carbocycles. The Hall–Kier alpha value is -1.18. The van der Waals surface area contributed by atoms with E-state index in [1.807, 2.05) is 4.90 Å². The fourth-order valence-electron chi connectivity index (χ4n) is 4.33. The molecule has 23 heavy (non-hydrogen) atoms. The number of esters is 1. The maximum atomic E-state index is 12.3. The lowest BCUT2D eigenvalue weighted by molar-refractivity contribution is -0.151. The van der Waals surface area contributed by atoms with Crippen LogP contribution in [0.15, 0.2) is 0 Å². The number of amides is 1. The lowest BCUT2D eigenvalue weighted by Crippen LogP contribution is -2.62. The number of hydrogen-bond donors (Lipinski definition) is 1. The molecule has 0 aromatic carbocycles. The predicted molar refractivity (Wildman–Crippen MR) is 85.7 cm³/mol. The molecule has 0 bridgehead atoms. The summed E-state index contributed by atoms with van der Waals surface area (Å²) >= 11 is 0. The van der Waals surface area contributed by atoms with Crippen LogP contribution in [0.25, 0.3) is 0 Å². The van der Waals surface area contributed by atoms with E-state index in [1.165, 1.54) is 7.11 Å². The fourth-order valence-corrected chi connectivity index (χ4v) is 4.33. The number of nitrogens with zero attached hydrogens (tertiary/aromatic N) is 3. The number of rotatable bonds is 2. The number of carbonyl (C=O) groups excluding carboxylic acids is 2. The Morgan fingerprint density at radius 1 is 1.22 bits per heavy atom. The third kappa shape index (κ3) is 3.22. The molecule has 3 fully saturated rings. The monoisotopic (exact) mass is 324 g/mol. The molecule has 1 amide bonds. The van der Waals surface area contributed by atoms with Crippen molar-refractivity contribution in [3.8, 4) is 0 Å². The summed E-state index contributed by atoms with van der Waals surface area (Å²) in [5.74, 6) is 0.0141. The first kappa shape index (κ1) is 16.7. The van der Waals surface area contributed by atoms with Gasteiger partial charge in [-0.3, -0.25) is 24.7 Å². The third-order valence-electron chi connectivity index (χ3n) is 5.76. The number of nitrogens with one attached hydrogen (secondary N) is 1. The van der Waals surface area contributed by atoms with Gasteiger partial charge < -0.3 is 9.64 Å². The van der Waals surface area contributed by atoms with Crippen molar-refractivity contribution in [2.24, 2.45) is 0 Å². The molecular weight excluding hydrogens is 296 g/mol. The molecule has 3 saturated heterocycles. The van der Waals surface area contributed by atoms with E-state index in [4.69, 9.17) is 4.74 Å². The molecule has 1 N–H and O–H groups in total. The largest absolute Gasteiger partial charge is 0.468 e. The van der Waals surface area contributed by atoms with Crippen LogP contribution in [-0.2, 0) is 14.3 Å². The van der Waals surface area contributed by atoms with Gasteiger partial charge in [0, 0.05) is 51.4 Å². The third-order valence-corrected chi connectivity index (χ3v) is 5.76. The number of fused-ring (bicyclic) bond motifs is 1. The number of carbonyl (C=O) groups is 2. The zero-order valence-corrected chi connectivity index (χ0v) is 14.3. The minimum absolute atomic E-state index is 0.131. The van der Waals surface area contributed by atoms with E-state index in [0.29, 0.717) is 18.1 Å². The summed E-state index contributed by atoms with van der Waals surface area (Å²) in [5, 5.41) is 3.50. The van der Waals surface area contributed by atoms with E-state index in [2.05, 4.69) is 22.2 Å². The summed E-state index contributed by atoms with van der Waals surface area (Å²) in [4.78, 5) is 30.4. The van der Waals surface area contributed by atoms with Gasteiger partial charge in [-0.25, -0.2) is 0 Å². The van der Waals surface area contributed by atoms with Crippen LogP contribution in [0.4, 0.5) is 0 Å². The second kappa shape index (κ2) is 6.75. The first-order valence-corrected chi connectivity index (χ1v) is 8.54. The minimum atomic E-state index is -0.172. The quantitative estimate of drug-likeness (QED) is 0.689. The highest BCUT2D eigenvalue weighted by Gasteiger charge is 2.46. The Morgan fingerprint density at radius 3 is 2.52 bits per heavy atom. The lowest BCUT2D eigenvalue weighted by atomic mass is 9.89. The van der Waals surface area contributed by atoms with Gasteiger partial charge >= 0.3 is 5.97 Å². The van der Waals surface area contributed by atoms with Gasteiger partial charge in [0.2, 0.25) is 5.91 Å². The van der Waals surface area contributed by atoms with Crippen LogP contribution in [0.2, 0.25) is 0 Å². The van der Waals surface area contributed by atoms with Crippen molar-refractivity contribution in [3.63, 3.8) is 0 Å². The van der Waals surface area contributed by atoms with Gasteiger partial charge in [0.25, 0.3) is 0 Å². The number of likely N-dealkylation sites (N-methyl/N-ethyl adjacent to an activating group) is 1. The van der Waals surface area contributed by atoms with Crippen LogP contribution in [0, 0.1) is 0 Å². The number of likely N-dealkylation sites (tertiary alicyclic amines) is 2. The van der Waals surface area contributed by atoms with Crippen LogP contribution in [-0.4, -0.2) is 91.2 Å². The molecule has 0 spiro atoms. The van der Waals surface area contributed by atoms with Crippen LogP contribution in [0.3, 0.4) is 0 Å². The summed E-state index contributed by atoms with van der Waals surface area (Å²) in [6, 6.07) is 0.984. The summed E-state index contributed by atoms with van der Waals surface area (Å²) in [7, 11) is 3.60. The fraction of sp³-hybridized carbons (Fsp3) is 0.875. The Bertz CT molecular complexity index is 464. The van der Waals surface area contributed by atoms with Crippen molar-refractivity contribution in [3.05, 3.63) is 0 Å². The van der Waals surface area contributed by atoms with E-state index >= 15 is 0 Å². The molecule has 7 heteroatoms. The van der Waals surface area contributed by atoms with Gasteiger partial charge in [0.1, 0.15) is 6.04 Å². The first-order chi connectivity index (χ1) is 11.0. The van der Waals surface area contributed by atoms with E-state index < -0.39 is 0 Å². The highest BCUT2D eigenvalue weighted by molar-refractivity contribution is 5.76. The smallest absolute Gasteiger partial charge is 0.323 e. The minimum Gasteiger partial charge on any atom is -0.468 e. The Morgan fingerprint density at radius 2 is 1.91 bits per heavy atom. The van der Waals surface area contributed by atoms with E-state index in [9.17, 15) is 9.59 Å². The van der Waals surface area contributed by atoms with Crippen molar-refractivity contribution in [2.75, 3.05) is 40.5 Å². The number of ether oxygens (including phenoxy) is 1. The molecule has 7 nitrogen and oxygen atoms in total. The molecule has 0 aromatic rings. The zero-order chi connectivity index (χ0) is 16.6. The van der Waals surface area contributed by atoms with Gasteiger partial charge in [-0.15, -0.1) is 0 Å². The Kier molecular flexibility index (Phi) is 4.89. The van der Waals surface area contributed by atoms with Crippen molar-refractivity contribution >= 4 is 11.9 Å². The standard InChI is InChI=1S/C16H28N4O3/c1-11(21)19-6-4-12(5-7-19)20-9-15-13(17-10-18(15)2)8-14(20)16(22)23-3/h12-15,17H,4-10H2,1-3H3. The Balaban J connectivity index is 1.71. The SMILES string of the molecule is COC(=O)C1CC2NCN(C)C2CN1C1CCN(C(C)=O)CC1. The molecule has 3 aliphatic heterocycles. The van der Waals surface area contributed by atoms with E-state index in [-0.39, 0.29) is 17.9 Å². The highest BCUT2D eigenvalue weighted by Crippen LogP contribution is 2.30. The molecule has 130 valence electrons. The normalized spacial score (nSPS) is 33.5. The molecule has 0 aromatic heterocycles. The first-order valence-electron chi connectivity index (χ1n) is 8.54. The molecule has 3 unspecified atom stereocenters. The van der Waals surface area contributed by atoms with Crippen molar-refractivity contribution in [1.29, 1.82) is 0 Å². The van der Waals surface area contributed by atoms with Crippen LogP contribution < -0.4 is 5.32 Å². The van der Waals surface area contributed by atoms with Gasteiger partial charge in [0.05, 0.1) is 7.11 Å².